The quantitative estimate of drug-likeness (QED) is 0.358. The molecule has 0 bridgehead atoms. The number of nitrogens with zero attached hydrogens (tertiary/aromatic N) is 2. The van der Waals surface area contributed by atoms with Crippen LogP contribution in [-0.2, 0) is 4.79 Å². The van der Waals surface area contributed by atoms with Gasteiger partial charge in [-0.3, -0.25) is 4.79 Å². The second kappa shape index (κ2) is 6.79. The summed E-state index contributed by atoms with van der Waals surface area (Å²) < 4.78 is 0. The molecule has 6 heteroatoms. The van der Waals surface area contributed by atoms with Crippen molar-refractivity contribution in [3.05, 3.63) is 16.9 Å². The van der Waals surface area contributed by atoms with Gasteiger partial charge in [-0.2, -0.15) is 0 Å². The summed E-state index contributed by atoms with van der Waals surface area (Å²) in [5.74, 6) is 6.12. The van der Waals surface area contributed by atoms with Gasteiger partial charge in [0.05, 0.1) is 11.3 Å². The van der Waals surface area contributed by atoms with Gasteiger partial charge in [-0.15, -0.1) is 0 Å². The Hall–Kier alpha value is -0.700. The van der Waals surface area contributed by atoms with Gasteiger partial charge in [-0.05, 0) is 6.26 Å². The Morgan fingerprint density at radius 2 is 2.38 bits per heavy atom. The molecule has 16 heavy (non-hydrogen) atoms. The van der Waals surface area contributed by atoms with Gasteiger partial charge >= 0.3 is 0 Å². The van der Waals surface area contributed by atoms with Gasteiger partial charge in [-0.25, -0.2) is 9.97 Å². The molecular weight excluding hydrogens is 264 g/mol. The molecular formula is C10H9ClN2OS2. The lowest BCUT2D eigenvalue weighted by Crippen LogP contribution is -1.90. The molecule has 0 atom stereocenters. The third-order valence-electron chi connectivity index (χ3n) is 1.47. The van der Waals surface area contributed by atoms with Crippen LogP contribution in [0.1, 0.15) is 12.5 Å². The largest absolute Gasteiger partial charge is 0.288 e. The number of carbonyl (C=O) groups is 1. The maximum atomic E-state index is 10.6. The zero-order chi connectivity index (χ0) is 12.0. The van der Waals surface area contributed by atoms with Gasteiger partial charge in [0.15, 0.2) is 10.3 Å². The van der Waals surface area contributed by atoms with Gasteiger partial charge in [0.2, 0.25) is 0 Å². The second-order valence-corrected chi connectivity index (χ2v) is 4.93. The van der Waals surface area contributed by atoms with Crippen molar-refractivity contribution in [2.45, 2.75) is 12.1 Å². The first-order chi connectivity index (χ1) is 7.63. The number of aromatic nitrogens is 2. The maximum absolute atomic E-state index is 10.6. The van der Waals surface area contributed by atoms with Crippen molar-refractivity contribution in [3.63, 3.8) is 0 Å². The van der Waals surface area contributed by atoms with Gasteiger partial charge in [-0.1, -0.05) is 47.0 Å². The highest BCUT2D eigenvalue weighted by Crippen LogP contribution is 2.15. The summed E-state index contributed by atoms with van der Waals surface area (Å²) in [6, 6.07) is 0. The lowest BCUT2D eigenvalue weighted by molar-refractivity contribution is -0.109. The zero-order valence-corrected chi connectivity index (χ0v) is 11.2. The van der Waals surface area contributed by atoms with Crippen LogP contribution in [0, 0.1) is 11.8 Å². The highest BCUT2D eigenvalue weighted by molar-refractivity contribution is 8.13. The van der Waals surface area contributed by atoms with Crippen LogP contribution in [0.25, 0.3) is 0 Å². The van der Waals surface area contributed by atoms with E-state index in [9.17, 15) is 4.79 Å². The number of thioether (sulfide) groups is 2. The fourth-order valence-corrected chi connectivity index (χ4v) is 1.71. The molecule has 0 saturated carbocycles. The smallest absolute Gasteiger partial charge is 0.188 e. The Morgan fingerprint density at radius 1 is 1.62 bits per heavy atom. The fraction of sp³-hybridized carbons (Fsp3) is 0.300. The molecule has 0 radical (unpaired) electrons. The standard InChI is InChI=1S/C10H9ClN2OS2/c1-7(14)16-5-3-4-8-6-12-10(15-2)13-9(8)11/h6H,5H2,1-2H3. The highest BCUT2D eigenvalue weighted by Gasteiger charge is 2.01. The summed E-state index contributed by atoms with van der Waals surface area (Å²) in [7, 11) is 0. The number of rotatable bonds is 2. The first-order valence-electron chi connectivity index (χ1n) is 4.32. The maximum Gasteiger partial charge on any atom is 0.188 e. The summed E-state index contributed by atoms with van der Waals surface area (Å²) in [4.78, 5) is 18.8. The van der Waals surface area contributed by atoms with Crippen LogP contribution in [0.5, 0.6) is 0 Å². The molecule has 1 heterocycles. The minimum absolute atomic E-state index is 0.0503. The minimum atomic E-state index is 0.0503. The normalized spacial score (nSPS) is 9.44. The van der Waals surface area contributed by atoms with Crippen LogP contribution < -0.4 is 0 Å². The Bertz CT molecular complexity index is 454. The van der Waals surface area contributed by atoms with Crippen LogP contribution in [0.3, 0.4) is 0 Å². The van der Waals surface area contributed by atoms with E-state index in [1.807, 2.05) is 6.26 Å². The number of hydrogen-bond acceptors (Lipinski definition) is 5. The average molecular weight is 273 g/mol. The molecule has 0 spiro atoms. The SMILES string of the molecule is CSc1ncc(C#CCSC(C)=O)c(Cl)n1. The molecule has 0 aliphatic carbocycles. The van der Waals surface area contributed by atoms with Crippen molar-refractivity contribution >= 4 is 40.2 Å². The highest BCUT2D eigenvalue weighted by atomic mass is 35.5. The van der Waals surface area contributed by atoms with Crippen LogP contribution in [0.4, 0.5) is 0 Å². The fourth-order valence-electron chi connectivity index (χ4n) is 0.797. The third kappa shape index (κ3) is 4.44. The minimum Gasteiger partial charge on any atom is -0.288 e. The molecule has 0 amide bonds. The van der Waals surface area contributed by atoms with E-state index in [4.69, 9.17) is 11.6 Å². The molecule has 3 nitrogen and oxygen atoms in total. The van der Waals surface area contributed by atoms with Gasteiger partial charge in [0.1, 0.15) is 5.15 Å². The molecule has 1 aromatic heterocycles. The average Bonchev–Trinajstić information content (AvgIpc) is 2.25. The summed E-state index contributed by atoms with van der Waals surface area (Å²) >= 11 is 8.49. The molecule has 0 aliphatic rings. The molecule has 0 saturated heterocycles. The van der Waals surface area contributed by atoms with E-state index < -0.39 is 0 Å². The van der Waals surface area contributed by atoms with E-state index in [0.717, 1.165) is 11.8 Å². The van der Waals surface area contributed by atoms with E-state index in [1.54, 1.807) is 6.20 Å². The Morgan fingerprint density at radius 3 is 2.94 bits per heavy atom. The van der Waals surface area contributed by atoms with Gasteiger partial charge in [0, 0.05) is 13.1 Å². The predicted octanol–water partition coefficient (Wildman–Crippen LogP) is 2.48. The monoisotopic (exact) mass is 272 g/mol. The molecule has 0 aliphatic heterocycles. The molecule has 0 unspecified atom stereocenters. The van der Waals surface area contributed by atoms with Crippen molar-refractivity contribution in [2.24, 2.45) is 0 Å². The summed E-state index contributed by atoms with van der Waals surface area (Å²) in [6.45, 7) is 1.51. The first-order valence-corrected chi connectivity index (χ1v) is 6.91. The Balaban J connectivity index is 2.70. The second-order valence-electron chi connectivity index (χ2n) is 2.64. The zero-order valence-electron chi connectivity index (χ0n) is 8.78. The molecule has 1 rings (SSSR count). The molecule has 0 aromatic carbocycles. The molecule has 0 N–H and O–H groups in total. The van der Waals surface area contributed by atoms with Crippen LogP contribution in [0.2, 0.25) is 5.15 Å². The van der Waals surface area contributed by atoms with Gasteiger partial charge < -0.3 is 0 Å². The Labute approximate surface area is 108 Å². The molecule has 1 aromatic rings. The summed E-state index contributed by atoms with van der Waals surface area (Å²) in [5.41, 5.74) is 0.587. The van der Waals surface area contributed by atoms with Crippen molar-refractivity contribution in [1.29, 1.82) is 0 Å². The van der Waals surface area contributed by atoms with Crippen LogP contribution in [-0.4, -0.2) is 27.1 Å². The van der Waals surface area contributed by atoms with E-state index >= 15 is 0 Å². The van der Waals surface area contributed by atoms with E-state index in [1.165, 1.54) is 18.7 Å². The predicted molar refractivity (Wildman–Crippen MR) is 68.8 cm³/mol. The number of halogens is 1. The summed E-state index contributed by atoms with van der Waals surface area (Å²) in [5, 5.41) is 1.02. The van der Waals surface area contributed by atoms with Crippen molar-refractivity contribution in [1.82, 2.24) is 9.97 Å². The van der Waals surface area contributed by atoms with Gasteiger partial charge in [0.25, 0.3) is 0 Å². The van der Waals surface area contributed by atoms with Crippen LogP contribution >= 0.6 is 35.1 Å². The third-order valence-corrected chi connectivity index (χ3v) is 3.02. The number of carbonyl (C=O) groups excluding carboxylic acids is 1. The van der Waals surface area contributed by atoms with E-state index in [-0.39, 0.29) is 5.12 Å². The molecule has 0 fully saturated rings. The van der Waals surface area contributed by atoms with E-state index in [0.29, 0.717) is 21.6 Å². The number of hydrogen-bond donors (Lipinski definition) is 0. The lowest BCUT2D eigenvalue weighted by Gasteiger charge is -1.96. The van der Waals surface area contributed by atoms with Crippen LogP contribution in [0.15, 0.2) is 11.4 Å². The summed E-state index contributed by atoms with van der Waals surface area (Å²) in [6.07, 6.45) is 3.47. The van der Waals surface area contributed by atoms with Crippen molar-refractivity contribution in [2.75, 3.05) is 12.0 Å². The van der Waals surface area contributed by atoms with Crippen molar-refractivity contribution in [3.8, 4) is 11.8 Å². The lowest BCUT2D eigenvalue weighted by atomic mass is 10.3. The first kappa shape index (κ1) is 13.4. The van der Waals surface area contributed by atoms with Crippen molar-refractivity contribution < 1.29 is 4.79 Å². The topological polar surface area (TPSA) is 42.9 Å². The molecule has 84 valence electrons. The van der Waals surface area contributed by atoms with E-state index in [2.05, 4.69) is 21.8 Å². The Kier molecular flexibility index (Phi) is 5.67.